The Morgan fingerprint density at radius 3 is 2.35 bits per heavy atom. The lowest BCUT2D eigenvalue weighted by atomic mass is 10.1. The van der Waals surface area contributed by atoms with Gasteiger partial charge in [0.15, 0.2) is 17.3 Å². The standard InChI is InChI=1S/C25H21ClO5/c1-15-4-6-16(7-5-15)14-30-25-23(27)19-13-18(26)9-11-20(19)31-24(25)17-8-10-21(28-2)22(12-17)29-3/h4-13H,14H2,1-3H3. The van der Waals surface area contributed by atoms with Crippen molar-refractivity contribution in [1.29, 1.82) is 0 Å². The third-order valence-corrected chi connectivity index (χ3v) is 5.20. The van der Waals surface area contributed by atoms with Crippen molar-refractivity contribution in [1.82, 2.24) is 0 Å². The van der Waals surface area contributed by atoms with Crippen LogP contribution in [0.3, 0.4) is 0 Å². The lowest BCUT2D eigenvalue weighted by molar-refractivity contribution is 0.298. The van der Waals surface area contributed by atoms with Crippen LogP contribution < -0.4 is 19.6 Å². The van der Waals surface area contributed by atoms with Crippen LogP contribution in [0.25, 0.3) is 22.3 Å². The number of aryl methyl sites for hydroxylation is 1. The van der Waals surface area contributed by atoms with Gasteiger partial charge in [0.2, 0.25) is 11.2 Å². The molecule has 0 fully saturated rings. The molecule has 0 saturated heterocycles. The number of fused-ring (bicyclic) bond motifs is 1. The van der Waals surface area contributed by atoms with Crippen LogP contribution in [-0.4, -0.2) is 14.2 Å². The molecule has 3 aromatic carbocycles. The molecule has 4 aromatic rings. The maximum Gasteiger partial charge on any atom is 0.235 e. The van der Waals surface area contributed by atoms with E-state index >= 15 is 0 Å². The molecule has 0 aliphatic carbocycles. The first-order valence-corrected chi connectivity index (χ1v) is 10.0. The van der Waals surface area contributed by atoms with Gasteiger partial charge in [-0.25, -0.2) is 0 Å². The van der Waals surface area contributed by atoms with Crippen molar-refractivity contribution in [2.75, 3.05) is 14.2 Å². The minimum Gasteiger partial charge on any atom is -0.493 e. The molecule has 0 aliphatic heterocycles. The van der Waals surface area contributed by atoms with E-state index in [2.05, 4.69) is 0 Å². The minimum atomic E-state index is -0.291. The Bertz CT molecular complexity index is 1290. The maximum atomic E-state index is 13.3. The summed E-state index contributed by atoms with van der Waals surface area (Å²) in [6, 6.07) is 18.1. The Balaban J connectivity index is 1.86. The fraction of sp³-hybridized carbons (Fsp3) is 0.160. The number of hydrogen-bond donors (Lipinski definition) is 0. The highest BCUT2D eigenvalue weighted by molar-refractivity contribution is 6.31. The van der Waals surface area contributed by atoms with Gasteiger partial charge in [0, 0.05) is 10.6 Å². The van der Waals surface area contributed by atoms with Crippen LogP contribution in [0.15, 0.2) is 69.9 Å². The molecule has 31 heavy (non-hydrogen) atoms. The molecule has 0 N–H and O–H groups in total. The fourth-order valence-electron chi connectivity index (χ4n) is 3.29. The summed E-state index contributed by atoms with van der Waals surface area (Å²) in [7, 11) is 3.11. The van der Waals surface area contributed by atoms with Gasteiger partial charge < -0.3 is 18.6 Å². The molecule has 0 aliphatic rings. The lowest BCUT2D eigenvalue weighted by Crippen LogP contribution is -2.10. The van der Waals surface area contributed by atoms with Crippen molar-refractivity contribution in [3.63, 3.8) is 0 Å². The third-order valence-electron chi connectivity index (χ3n) is 4.96. The second kappa shape index (κ2) is 8.74. The van der Waals surface area contributed by atoms with Crippen LogP contribution in [0.1, 0.15) is 11.1 Å². The Morgan fingerprint density at radius 2 is 1.65 bits per heavy atom. The van der Waals surface area contributed by atoms with Gasteiger partial charge >= 0.3 is 0 Å². The van der Waals surface area contributed by atoms with E-state index in [-0.39, 0.29) is 17.8 Å². The topological polar surface area (TPSA) is 57.9 Å². The quantitative estimate of drug-likeness (QED) is 0.370. The average Bonchev–Trinajstić information content (AvgIpc) is 2.79. The van der Waals surface area contributed by atoms with E-state index in [1.165, 1.54) is 0 Å². The van der Waals surface area contributed by atoms with Crippen molar-refractivity contribution in [2.24, 2.45) is 0 Å². The second-order valence-electron chi connectivity index (χ2n) is 7.07. The summed E-state index contributed by atoms with van der Waals surface area (Å²) in [6.45, 7) is 2.24. The van der Waals surface area contributed by atoms with Crippen molar-refractivity contribution in [2.45, 2.75) is 13.5 Å². The van der Waals surface area contributed by atoms with Gasteiger partial charge in [-0.15, -0.1) is 0 Å². The lowest BCUT2D eigenvalue weighted by Gasteiger charge is -2.14. The number of halogens is 1. The first-order valence-electron chi connectivity index (χ1n) is 9.67. The van der Waals surface area contributed by atoms with Gasteiger partial charge in [0.1, 0.15) is 12.2 Å². The van der Waals surface area contributed by atoms with E-state index in [0.717, 1.165) is 11.1 Å². The largest absolute Gasteiger partial charge is 0.493 e. The summed E-state index contributed by atoms with van der Waals surface area (Å²) in [4.78, 5) is 13.3. The van der Waals surface area contributed by atoms with E-state index in [9.17, 15) is 4.79 Å². The molecular weight excluding hydrogens is 416 g/mol. The first-order chi connectivity index (χ1) is 15.0. The summed E-state index contributed by atoms with van der Waals surface area (Å²) in [5, 5.41) is 0.804. The molecule has 0 amide bonds. The highest BCUT2D eigenvalue weighted by Crippen LogP contribution is 2.37. The molecule has 5 nitrogen and oxygen atoms in total. The second-order valence-corrected chi connectivity index (χ2v) is 7.51. The predicted octanol–water partition coefficient (Wildman–Crippen LogP) is 6.02. The number of rotatable bonds is 6. The predicted molar refractivity (Wildman–Crippen MR) is 122 cm³/mol. The number of benzene rings is 3. The van der Waals surface area contributed by atoms with Crippen molar-refractivity contribution in [3.05, 3.63) is 87.0 Å². The molecule has 0 radical (unpaired) electrons. The summed E-state index contributed by atoms with van der Waals surface area (Å²) >= 11 is 6.11. The molecule has 0 saturated carbocycles. The Morgan fingerprint density at radius 1 is 0.903 bits per heavy atom. The van der Waals surface area contributed by atoms with Crippen LogP contribution in [-0.2, 0) is 6.61 Å². The highest BCUT2D eigenvalue weighted by Gasteiger charge is 2.20. The summed E-state index contributed by atoms with van der Waals surface area (Å²) < 4.78 is 22.8. The van der Waals surface area contributed by atoms with Crippen molar-refractivity contribution in [3.8, 4) is 28.6 Å². The van der Waals surface area contributed by atoms with Gasteiger partial charge in [-0.1, -0.05) is 41.4 Å². The molecule has 0 bridgehead atoms. The van der Waals surface area contributed by atoms with Crippen LogP contribution in [0.4, 0.5) is 0 Å². The van der Waals surface area contributed by atoms with Gasteiger partial charge in [-0.2, -0.15) is 0 Å². The fourth-order valence-corrected chi connectivity index (χ4v) is 3.46. The monoisotopic (exact) mass is 436 g/mol. The van der Waals surface area contributed by atoms with Crippen LogP contribution in [0.2, 0.25) is 5.02 Å². The van der Waals surface area contributed by atoms with Gasteiger partial charge in [-0.3, -0.25) is 4.79 Å². The van der Waals surface area contributed by atoms with Gasteiger partial charge in [0.25, 0.3) is 0 Å². The zero-order chi connectivity index (χ0) is 22.0. The zero-order valence-corrected chi connectivity index (χ0v) is 18.2. The zero-order valence-electron chi connectivity index (χ0n) is 17.4. The van der Waals surface area contributed by atoms with Crippen LogP contribution in [0, 0.1) is 6.92 Å². The molecule has 0 spiro atoms. The smallest absolute Gasteiger partial charge is 0.235 e. The van der Waals surface area contributed by atoms with Crippen molar-refractivity contribution >= 4 is 22.6 Å². The van der Waals surface area contributed by atoms with E-state index in [1.807, 2.05) is 31.2 Å². The third kappa shape index (κ3) is 4.23. The molecule has 1 heterocycles. The van der Waals surface area contributed by atoms with E-state index in [0.29, 0.717) is 38.8 Å². The molecule has 6 heteroatoms. The summed E-state index contributed by atoms with van der Waals surface area (Å²) in [6.07, 6.45) is 0. The van der Waals surface area contributed by atoms with Crippen LogP contribution >= 0.6 is 11.6 Å². The maximum absolute atomic E-state index is 13.3. The molecule has 0 unspecified atom stereocenters. The SMILES string of the molecule is COc1ccc(-c2oc3ccc(Cl)cc3c(=O)c2OCc2ccc(C)cc2)cc1OC. The number of hydrogen-bond acceptors (Lipinski definition) is 5. The normalized spacial score (nSPS) is 10.8. The average molecular weight is 437 g/mol. The summed E-state index contributed by atoms with van der Waals surface area (Å²) in [5.74, 6) is 1.52. The van der Waals surface area contributed by atoms with Crippen molar-refractivity contribution < 1.29 is 18.6 Å². The molecule has 158 valence electrons. The minimum absolute atomic E-state index is 0.113. The Labute approximate surface area is 184 Å². The molecule has 1 aromatic heterocycles. The molecular formula is C25H21ClO5. The molecule has 4 rings (SSSR count). The van der Waals surface area contributed by atoms with Gasteiger partial charge in [-0.05, 0) is 48.9 Å². The highest BCUT2D eigenvalue weighted by atomic mass is 35.5. The number of ether oxygens (including phenoxy) is 3. The van der Waals surface area contributed by atoms with E-state index in [1.54, 1.807) is 50.6 Å². The summed E-state index contributed by atoms with van der Waals surface area (Å²) in [5.41, 5.74) is 2.84. The van der Waals surface area contributed by atoms with Crippen LogP contribution in [0.5, 0.6) is 17.2 Å². The first kappa shape index (κ1) is 20.8. The Kier molecular flexibility index (Phi) is 5.87. The van der Waals surface area contributed by atoms with E-state index < -0.39 is 0 Å². The van der Waals surface area contributed by atoms with Gasteiger partial charge in [0.05, 0.1) is 19.6 Å². The van der Waals surface area contributed by atoms with E-state index in [4.69, 9.17) is 30.2 Å². The number of methoxy groups -OCH3 is 2. The molecule has 0 atom stereocenters. The Hall–Kier alpha value is -3.44.